The summed E-state index contributed by atoms with van der Waals surface area (Å²) in [7, 11) is 0. The summed E-state index contributed by atoms with van der Waals surface area (Å²) < 4.78 is 5.13. The van der Waals surface area contributed by atoms with Crippen LogP contribution >= 0.6 is 0 Å². The number of carbonyl (C=O) groups is 2. The maximum absolute atomic E-state index is 12.5. The summed E-state index contributed by atoms with van der Waals surface area (Å²) in [4.78, 5) is 29.8. The number of amides is 2. The second-order valence-electron chi connectivity index (χ2n) is 5.75. The largest absolute Gasteiger partial charge is 0.459 e. The highest BCUT2D eigenvalue weighted by atomic mass is 16.3. The molecule has 0 N–H and O–H groups in total. The Labute approximate surface area is 153 Å². The number of nitriles is 1. The lowest BCUT2D eigenvalue weighted by atomic mass is 10.2. The maximum atomic E-state index is 12.5. The van der Waals surface area contributed by atoms with Crippen LogP contribution in [0.2, 0.25) is 0 Å². The number of nitrogens with zero attached hydrogens (tertiary/aromatic N) is 4. The second kappa shape index (κ2) is 9.28. The Bertz CT molecular complexity index is 712. The van der Waals surface area contributed by atoms with Crippen LogP contribution in [0.15, 0.2) is 59.9 Å². The molecular weight excluding hydrogens is 332 g/mol. The number of hydrogen-bond donors (Lipinski definition) is 0. The first-order chi connectivity index (χ1) is 12.6. The third kappa shape index (κ3) is 4.63. The Hall–Kier alpha value is -3.27. The van der Waals surface area contributed by atoms with Crippen LogP contribution in [0.4, 0.5) is 0 Å². The van der Waals surface area contributed by atoms with Crippen molar-refractivity contribution in [1.29, 1.82) is 5.26 Å². The molecule has 1 aliphatic heterocycles. The molecule has 0 bridgehead atoms. The van der Waals surface area contributed by atoms with Gasteiger partial charge in [0.2, 0.25) is 0 Å². The van der Waals surface area contributed by atoms with Crippen molar-refractivity contribution in [2.24, 2.45) is 0 Å². The maximum Gasteiger partial charge on any atom is 0.289 e. The number of hydrogen-bond acceptors (Lipinski definition) is 5. The van der Waals surface area contributed by atoms with Crippen LogP contribution in [0.5, 0.6) is 0 Å². The van der Waals surface area contributed by atoms with Gasteiger partial charge in [-0.25, -0.2) is 0 Å². The molecule has 0 atom stereocenters. The van der Waals surface area contributed by atoms with Crippen LogP contribution in [0, 0.1) is 11.3 Å². The fraction of sp³-hybridized carbons (Fsp3) is 0.316. The predicted octanol–water partition coefficient (Wildman–Crippen LogP) is 1.65. The molecule has 1 aliphatic rings. The van der Waals surface area contributed by atoms with E-state index in [0.717, 1.165) is 0 Å². The molecule has 0 unspecified atom stereocenters. The van der Waals surface area contributed by atoms with Gasteiger partial charge in [-0.1, -0.05) is 12.2 Å². The molecule has 0 saturated carbocycles. The number of furan rings is 1. The minimum atomic E-state index is -0.360. The Morgan fingerprint density at radius 3 is 2.38 bits per heavy atom. The lowest BCUT2D eigenvalue weighted by molar-refractivity contribution is -0.125. The quantitative estimate of drug-likeness (QED) is 0.422. The molecule has 1 saturated heterocycles. The summed E-state index contributed by atoms with van der Waals surface area (Å²) in [5.41, 5.74) is 0.0551. The predicted molar refractivity (Wildman–Crippen MR) is 96.9 cm³/mol. The van der Waals surface area contributed by atoms with Crippen LogP contribution in [0.3, 0.4) is 0 Å². The summed E-state index contributed by atoms with van der Waals surface area (Å²) >= 11 is 0. The van der Waals surface area contributed by atoms with Crippen LogP contribution < -0.4 is 0 Å². The molecule has 2 rings (SSSR count). The van der Waals surface area contributed by atoms with Crippen molar-refractivity contribution in [2.45, 2.75) is 0 Å². The van der Waals surface area contributed by atoms with Gasteiger partial charge in [-0.15, -0.1) is 13.2 Å². The van der Waals surface area contributed by atoms with E-state index < -0.39 is 0 Å². The molecule has 0 radical (unpaired) electrons. The van der Waals surface area contributed by atoms with E-state index in [0.29, 0.717) is 45.0 Å². The lowest BCUT2D eigenvalue weighted by Crippen LogP contribution is -2.47. The molecule has 1 aromatic heterocycles. The van der Waals surface area contributed by atoms with E-state index in [1.807, 2.05) is 11.0 Å². The average Bonchev–Trinajstić information content (AvgIpc) is 3.20. The Kier molecular flexibility index (Phi) is 6.80. The molecule has 2 amide bonds. The highest BCUT2D eigenvalue weighted by molar-refractivity contribution is 5.97. The molecule has 136 valence electrons. The topological polar surface area (TPSA) is 80.8 Å². The SMILES string of the molecule is C=CCN(CC=C)C(=O)/C(C#N)=C\N1CCN(C(=O)c2ccco2)CC1. The molecule has 26 heavy (non-hydrogen) atoms. The summed E-state index contributed by atoms with van der Waals surface area (Å²) in [5.74, 6) is -0.203. The zero-order valence-electron chi connectivity index (χ0n) is 14.6. The number of carbonyl (C=O) groups excluding carboxylic acids is 2. The molecule has 7 heteroatoms. The van der Waals surface area contributed by atoms with Gasteiger partial charge in [-0.2, -0.15) is 5.26 Å². The minimum Gasteiger partial charge on any atom is -0.459 e. The van der Waals surface area contributed by atoms with Crippen LogP contribution in [0.1, 0.15) is 10.6 Å². The highest BCUT2D eigenvalue weighted by Crippen LogP contribution is 2.11. The lowest BCUT2D eigenvalue weighted by Gasteiger charge is -2.34. The van der Waals surface area contributed by atoms with E-state index in [4.69, 9.17) is 4.42 Å². The van der Waals surface area contributed by atoms with E-state index >= 15 is 0 Å². The first kappa shape index (κ1) is 19.1. The fourth-order valence-electron chi connectivity index (χ4n) is 2.65. The average molecular weight is 354 g/mol. The number of piperazine rings is 1. The fourth-order valence-corrected chi connectivity index (χ4v) is 2.65. The van der Waals surface area contributed by atoms with E-state index in [9.17, 15) is 14.9 Å². The van der Waals surface area contributed by atoms with Crippen molar-refractivity contribution in [3.63, 3.8) is 0 Å². The van der Waals surface area contributed by atoms with E-state index in [1.54, 1.807) is 35.4 Å². The van der Waals surface area contributed by atoms with Crippen molar-refractivity contribution in [2.75, 3.05) is 39.3 Å². The molecule has 0 aliphatic carbocycles. The van der Waals surface area contributed by atoms with Gasteiger partial charge < -0.3 is 19.1 Å². The third-order valence-corrected chi connectivity index (χ3v) is 3.98. The second-order valence-corrected chi connectivity index (χ2v) is 5.75. The first-order valence-electron chi connectivity index (χ1n) is 8.30. The van der Waals surface area contributed by atoms with Gasteiger partial charge in [0.05, 0.1) is 6.26 Å². The van der Waals surface area contributed by atoms with E-state index in [2.05, 4.69) is 13.2 Å². The molecule has 1 aromatic rings. The van der Waals surface area contributed by atoms with Crippen molar-refractivity contribution in [3.8, 4) is 6.07 Å². The van der Waals surface area contributed by atoms with Gasteiger partial charge in [-0.3, -0.25) is 9.59 Å². The zero-order chi connectivity index (χ0) is 18.9. The van der Waals surface area contributed by atoms with Gasteiger partial charge >= 0.3 is 0 Å². The standard InChI is InChI=1S/C19H22N4O3/c1-3-7-22(8-4-2)18(24)16(14-20)15-21-9-11-23(12-10-21)19(25)17-6-5-13-26-17/h3-6,13,15H,1-2,7-12H2/b16-15-. The molecular formula is C19H22N4O3. The molecule has 1 fully saturated rings. The minimum absolute atomic E-state index is 0.0551. The van der Waals surface area contributed by atoms with Gasteiger partial charge in [0.25, 0.3) is 11.8 Å². The third-order valence-electron chi connectivity index (χ3n) is 3.98. The Morgan fingerprint density at radius 2 is 1.88 bits per heavy atom. The molecule has 7 nitrogen and oxygen atoms in total. The highest BCUT2D eigenvalue weighted by Gasteiger charge is 2.24. The zero-order valence-corrected chi connectivity index (χ0v) is 14.6. The van der Waals surface area contributed by atoms with Crippen molar-refractivity contribution in [3.05, 3.63) is 61.2 Å². The smallest absolute Gasteiger partial charge is 0.289 e. The molecule has 0 aromatic carbocycles. The number of rotatable bonds is 7. The van der Waals surface area contributed by atoms with E-state index in [1.165, 1.54) is 11.2 Å². The summed E-state index contributed by atoms with van der Waals surface area (Å²) in [6.07, 6.45) is 6.25. The Morgan fingerprint density at radius 1 is 1.23 bits per heavy atom. The van der Waals surface area contributed by atoms with Crippen molar-refractivity contribution < 1.29 is 14.0 Å². The summed E-state index contributed by atoms with van der Waals surface area (Å²) in [6, 6.07) is 5.28. The summed E-state index contributed by atoms with van der Waals surface area (Å²) in [5, 5.41) is 9.36. The summed E-state index contributed by atoms with van der Waals surface area (Å²) in [6.45, 7) is 9.99. The first-order valence-corrected chi connectivity index (χ1v) is 8.30. The normalized spacial score (nSPS) is 14.5. The van der Waals surface area contributed by atoms with Crippen molar-refractivity contribution >= 4 is 11.8 Å². The van der Waals surface area contributed by atoms with Crippen LogP contribution in [-0.2, 0) is 4.79 Å². The van der Waals surface area contributed by atoms with Crippen molar-refractivity contribution in [1.82, 2.24) is 14.7 Å². The Balaban J connectivity index is 1.99. The molecule has 0 spiro atoms. The van der Waals surface area contributed by atoms with E-state index in [-0.39, 0.29) is 17.4 Å². The van der Waals surface area contributed by atoms with Crippen LogP contribution in [-0.4, -0.2) is 65.8 Å². The van der Waals surface area contributed by atoms with Gasteiger partial charge in [0.15, 0.2) is 5.76 Å². The van der Waals surface area contributed by atoms with Gasteiger partial charge in [0.1, 0.15) is 11.6 Å². The van der Waals surface area contributed by atoms with Crippen LogP contribution in [0.25, 0.3) is 0 Å². The molecule has 2 heterocycles. The van der Waals surface area contributed by atoms with Gasteiger partial charge in [-0.05, 0) is 12.1 Å². The van der Waals surface area contributed by atoms with Gasteiger partial charge in [0, 0.05) is 45.5 Å². The monoisotopic (exact) mass is 354 g/mol.